The lowest BCUT2D eigenvalue weighted by Gasteiger charge is -2.25. The first-order chi connectivity index (χ1) is 11.3. The molecule has 0 fully saturated rings. The van der Waals surface area contributed by atoms with Crippen molar-refractivity contribution in [2.45, 2.75) is 31.8 Å². The highest BCUT2D eigenvalue weighted by molar-refractivity contribution is 14.0. The summed E-state index contributed by atoms with van der Waals surface area (Å²) in [5, 5.41) is 6.64. The summed E-state index contributed by atoms with van der Waals surface area (Å²) in [5.74, 6) is 1.97. The summed E-state index contributed by atoms with van der Waals surface area (Å²) in [4.78, 5) is 4.22. The van der Waals surface area contributed by atoms with Crippen molar-refractivity contribution in [1.29, 1.82) is 0 Å². The Morgan fingerprint density at radius 3 is 2.88 bits per heavy atom. The Morgan fingerprint density at radius 2 is 2.08 bits per heavy atom. The van der Waals surface area contributed by atoms with Crippen LogP contribution in [0.1, 0.15) is 36.5 Å². The van der Waals surface area contributed by atoms with E-state index >= 15 is 0 Å². The van der Waals surface area contributed by atoms with Crippen LogP contribution in [0.2, 0.25) is 0 Å². The van der Waals surface area contributed by atoms with Crippen molar-refractivity contribution in [1.82, 2.24) is 10.6 Å². The van der Waals surface area contributed by atoms with Gasteiger partial charge in [0.25, 0.3) is 0 Å². The quantitative estimate of drug-likeness (QED) is 0.268. The molecular weight excluding hydrogens is 433 g/mol. The fraction of sp³-hybridized carbons (Fsp3) is 0.611. The second-order valence-corrected chi connectivity index (χ2v) is 6.71. The highest BCUT2D eigenvalue weighted by Gasteiger charge is 2.19. The van der Waals surface area contributed by atoms with Gasteiger partial charge in [-0.25, -0.2) is 0 Å². The van der Waals surface area contributed by atoms with Crippen LogP contribution < -0.4 is 10.6 Å². The normalized spacial score (nSPS) is 16.9. The largest absolute Gasteiger partial charge is 0.373 e. The monoisotopic (exact) mass is 463 g/mol. The Hall–Kier alpha value is -0.470. The predicted octanol–water partition coefficient (Wildman–Crippen LogP) is 3.62. The van der Waals surface area contributed by atoms with Gasteiger partial charge in [-0.05, 0) is 43.1 Å². The number of halogens is 1. The molecule has 1 atom stereocenters. The van der Waals surface area contributed by atoms with E-state index in [0.717, 1.165) is 44.3 Å². The number of aliphatic imine (C=N–C) groups is 1. The van der Waals surface area contributed by atoms with Crippen LogP contribution in [-0.2, 0) is 11.2 Å². The summed E-state index contributed by atoms with van der Waals surface area (Å²) in [6.45, 7) is 2.61. The third-order valence-electron chi connectivity index (χ3n) is 4.07. The van der Waals surface area contributed by atoms with E-state index < -0.39 is 0 Å². The van der Waals surface area contributed by atoms with Crippen molar-refractivity contribution in [3.8, 4) is 0 Å². The van der Waals surface area contributed by atoms with Gasteiger partial charge < -0.3 is 15.4 Å². The lowest BCUT2D eigenvalue weighted by Crippen LogP contribution is -2.39. The van der Waals surface area contributed by atoms with Crippen LogP contribution in [-0.4, -0.2) is 44.7 Å². The lowest BCUT2D eigenvalue weighted by atomic mass is 9.89. The van der Waals surface area contributed by atoms with Gasteiger partial charge in [0.15, 0.2) is 5.96 Å². The number of guanidine groups is 1. The number of aryl methyl sites for hydroxylation is 1. The molecule has 24 heavy (non-hydrogen) atoms. The third kappa shape index (κ3) is 7.19. The number of benzene rings is 1. The minimum Gasteiger partial charge on any atom is -0.373 e. The molecule has 1 unspecified atom stereocenters. The number of hydrogen-bond acceptors (Lipinski definition) is 3. The van der Waals surface area contributed by atoms with E-state index in [9.17, 15) is 0 Å². The van der Waals surface area contributed by atoms with Gasteiger partial charge in [-0.1, -0.05) is 24.3 Å². The molecule has 136 valence electrons. The molecule has 0 saturated carbocycles. The molecule has 0 spiro atoms. The van der Waals surface area contributed by atoms with Crippen LogP contribution in [0, 0.1) is 0 Å². The standard InChI is InChI=1S/C18H29N3OS.HI/c1-19-18(21-12-14-23-2)20-11-6-13-22-17-10-5-8-15-7-3-4-9-16(15)17;/h3-4,7,9,17H,5-6,8,10-14H2,1-2H3,(H2,19,20,21);1H. The van der Waals surface area contributed by atoms with Crippen LogP contribution in [0.4, 0.5) is 0 Å². The molecule has 4 nitrogen and oxygen atoms in total. The van der Waals surface area contributed by atoms with Crippen molar-refractivity contribution in [3.63, 3.8) is 0 Å². The topological polar surface area (TPSA) is 45.7 Å². The Kier molecular flexibility index (Phi) is 11.5. The van der Waals surface area contributed by atoms with Gasteiger partial charge in [0.2, 0.25) is 0 Å². The van der Waals surface area contributed by atoms with Crippen molar-refractivity contribution in [2.75, 3.05) is 38.8 Å². The van der Waals surface area contributed by atoms with Gasteiger partial charge in [-0.3, -0.25) is 4.99 Å². The molecule has 6 heteroatoms. The lowest BCUT2D eigenvalue weighted by molar-refractivity contribution is 0.0398. The molecule has 1 aliphatic rings. The van der Waals surface area contributed by atoms with Crippen molar-refractivity contribution >= 4 is 41.7 Å². The van der Waals surface area contributed by atoms with Gasteiger partial charge in [-0.15, -0.1) is 24.0 Å². The fourth-order valence-corrected chi connectivity index (χ4v) is 3.19. The number of thioether (sulfide) groups is 1. The van der Waals surface area contributed by atoms with E-state index in [2.05, 4.69) is 46.1 Å². The van der Waals surface area contributed by atoms with E-state index in [1.807, 2.05) is 18.8 Å². The maximum Gasteiger partial charge on any atom is 0.191 e. The van der Waals surface area contributed by atoms with E-state index in [-0.39, 0.29) is 30.1 Å². The van der Waals surface area contributed by atoms with Crippen LogP contribution in [0.25, 0.3) is 0 Å². The Morgan fingerprint density at radius 1 is 1.29 bits per heavy atom. The Balaban J connectivity index is 0.00000288. The highest BCUT2D eigenvalue weighted by atomic mass is 127. The third-order valence-corrected chi connectivity index (χ3v) is 4.68. The number of hydrogen-bond donors (Lipinski definition) is 2. The maximum absolute atomic E-state index is 6.12. The minimum absolute atomic E-state index is 0. The van der Waals surface area contributed by atoms with Gasteiger partial charge >= 0.3 is 0 Å². The average molecular weight is 463 g/mol. The Bertz CT molecular complexity index is 499. The number of fused-ring (bicyclic) bond motifs is 1. The van der Waals surface area contributed by atoms with Gasteiger partial charge in [0, 0.05) is 32.5 Å². The van der Waals surface area contributed by atoms with Crippen LogP contribution in [0.5, 0.6) is 0 Å². The summed E-state index contributed by atoms with van der Waals surface area (Å²) in [6.07, 6.45) is 6.93. The molecule has 1 aliphatic carbocycles. The number of nitrogens with one attached hydrogen (secondary N) is 2. The summed E-state index contributed by atoms with van der Waals surface area (Å²) in [6, 6.07) is 8.69. The molecule has 0 heterocycles. The van der Waals surface area contributed by atoms with Crippen LogP contribution in [0.3, 0.4) is 0 Å². The van der Waals surface area contributed by atoms with Crippen LogP contribution in [0.15, 0.2) is 29.3 Å². The smallest absolute Gasteiger partial charge is 0.191 e. The summed E-state index contributed by atoms with van der Waals surface area (Å²) >= 11 is 1.83. The second kappa shape index (κ2) is 12.8. The molecule has 1 aromatic rings. The first kappa shape index (κ1) is 21.6. The molecule has 0 aliphatic heterocycles. The van der Waals surface area contributed by atoms with Crippen molar-refractivity contribution in [2.24, 2.45) is 4.99 Å². The summed E-state index contributed by atoms with van der Waals surface area (Å²) in [5.41, 5.74) is 2.85. The van der Waals surface area contributed by atoms with Crippen molar-refractivity contribution in [3.05, 3.63) is 35.4 Å². The van der Waals surface area contributed by atoms with E-state index in [4.69, 9.17) is 4.74 Å². The van der Waals surface area contributed by atoms with Crippen LogP contribution >= 0.6 is 35.7 Å². The molecule has 2 rings (SSSR count). The first-order valence-electron chi connectivity index (χ1n) is 8.48. The van der Waals surface area contributed by atoms with E-state index in [1.165, 1.54) is 24.0 Å². The Labute approximate surface area is 167 Å². The molecule has 0 saturated heterocycles. The van der Waals surface area contributed by atoms with Gasteiger partial charge in [-0.2, -0.15) is 11.8 Å². The summed E-state index contributed by atoms with van der Waals surface area (Å²) < 4.78 is 6.12. The molecule has 2 N–H and O–H groups in total. The molecule has 0 radical (unpaired) electrons. The van der Waals surface area contributed by atoms with Gasteiger partial charge in [0.05, 0.1) is 6.10 Å². The van der Waals surface area contributed by atoms with Crippen molar-refractivity contribution < 1.29 is 4.74 Å². The SMILES string of the molecule is CN=C(NCCCOC1CCCc2ccccc21)NCCSC.I. The van der Waals surface area contributed by atoms with Gasteiger partial charge in [0.1, 0.15) is 0 Å². The number of nitrogens with zero attached hydrogens (tertiary/aromatic N) is 1. The zero-order valence-corrected chi connectivity index (χ0v) is 17.9. The minimum atomic E-state index is 0. The predicted molar refractivity (Wildman–Crippen MR) is 116 cm³/mol. The number of ether oxygens (including phenoxy) is 1. The molecule has 1 aromatic carbocycles. The second-order valence-electron chi connectivity index (χ2n) is 5.72. The zero-order chi connectivity index (χ0) is 16.3. The highest BCUT2D eigenvalue weighted by Crippen LogP contribution is 2.32. The summed E-state index contributed by atoms with van der Waals surface area (Å²) in [7, 11) is 1.81. The molecule has 0 aromatic heterocycles. The average Bonchev–Trinajstić information content (AvgIpc) is 2.60. The fourth-order valence-electron chi connectivity index (χ4n) is 2.88. The first-order valence-corrected chi connectivity index (χ1v) is 9.87. The number of rotatable bonds is 8. The molecule has 0 bridgehead atoms. The molecular formula is C18H30IN3OS. The molecule has 0 amide bonds. The maximum atomic E-state index is 6.12. The van der Waals surface area contributed by atoms with E-state index in [1.54, 1.807) is 0 Å². The van der Waals surface area contributed by atoms with E-state index in [0.29, 0.717) is 0 Å². The zero-order valence-electron chi connectivity index (χ0n) is 14.7.